The Bertz CT molecular complexity index is 279. The maximum absolute atomic E-state index is 9.88. The van der Waals surface area contributed by atoms with Gasteiger partial charge in [0.05, 0.1) is 0 Å². The van der Waals surface area contributed by atoms with Gasteiger partial charge >= 0.3 is 0 Å². The lowest BCUT2D eigenvalue weighted by Gasteiger charge is -2.30. The molecule has 1 aromatic rings. The highest BCUT2D eigenvalue weighted by Gasteiger charge is 2.26. The Morgan fingerprint density at radius 2 is 1.93 bits per heavy atom. The fourth-order valence-electron chi connectivity index (χ4n) is 1.27. The standard InChI is InChI=1S/C12H19NO2/c1-4-15-11(12(2,3)14)13-10-8-6-5-7-9-10/h5-9,11,13-14H,4H2,1-3H3. The first-order valence-corrected chi connectivity index (χ1v) is 5.19. The van der Waals surface area contributed by atoms with Crippen molar-refractivity contribution in [1.82, 2.24) is 0 Å². The monoisotopic (exact) mass is 209 g/mol. The number of para-hydroxylation sites is 1. The summed E-state index contributed by atoms with van der Waals surface area (Å²) in [5.74, 6) is 0. The number of aliphatic hydroxyl groups is 1. The molecule has 1 unspecified atom stereocenters. The van der Waals surface area contributed by atoms with Gasteiger partial charge in [-0.2, -0.15) is 0 Å². The van der Waals surface area contributed by atoms with Crippen LogP contribution in [-0.4, -0.2) is 23.5 Å². The van der Waals surface area contributed by atoms with Crippen LogP contribution in [0.2, 0.25) is 0 Å². The normalized spacial score (nSPS) is 13.6. The zero-order chi connectivity index (χ0) is 11.3. The largest absolute Gasteiger partial charge is 0.386 e. The van der Waals surface area contributed by atoms with Crippen molar-refractivity contribution in [2.75, 3.05) is 11.9 Å². The number of ether oxygens (including phenoxy) is 1. The first kappa shape index (κ1) is 12.0. The lowest BCUT2D eigenvalue weighted by atomic mass is 10.1. The molecular formula is C12H19NO2. The van der Waals surface area contributed by atoms with E-state index in [0.29, 0.717) is 6.61 Å². The topological polar surface area (TPSA) is 41.5 Å². The fraction of sp³-hybridized carbons (Fsp3) is 0.500. The zero-order valence-corrected chi connectivity index (χ0v) is 9.53. The summed E-state index contributed by atoms with van der Waals surface area (Å²) in [6, 6.07) is 9.71. The van der Waals surface area contributed by atoms with E-state index in [9.17, 15) is 5.11 Å². The van der Waals surface area contributed by atoms with Crippen molar-refractivity contribution < 1.29 is 9.84 Å². The van der Waals surface area contributed by atoms with Crippen molar-refractivity contribution in [2.45, 2.75) is 32.6 Å². The first-order chi connectivity index (χ1) is 7.04. The van der Waals surface area contributed by atoms with Crippen molar-refractivity contribution in [1.29, 1.82) is 0 Å². The molecular weight excluding hydrogens is 190 g/mol. The van der Waals surface area contributed by atoms with Crippen LogP contribution in [-0.2, 0) is 4.74 Å². The van der Waals surface area contributed by atoms with Crippen molar-refractivity contribution in [3.05, 3.63) is 30.3 Å². The minimum atomic E-state index is -0.911. The summed E-state index contributed by atoms with van der Waals surface area (Å²) in [6.07, 6.45) is -0.398. The average molecular weight is 209 g/mol. The van der Waals surface area contributed by atoms with Crippen molar-refractivity contribution in [3.63, 3.8) is 0 Å². The van der Waals surface area contributed by atoms with Crippen molar-refractivity contribution in [3.8, 4) is 0 Å². The number of anilines is 1. The molecule has 0 aliphatic carbocycles. The molecule has 0 saturated carbocycles. The SMILES string of the molecule is CCOC(Nc1ccccc1)C(C)(C)O. The summed E-state index contributed by atoms with van der Waals surface area (Å²) < 4.78 is 5.45. The lowest BCUT2D eigenvalue weighted by Crippen LogP contribution is -2.43. The molecule has 0 aliphatic rings. The molecule has 0 bridgehead atoms. The maximum atomic E-state index is 9.88. The molecule has 1 atom stereocenters. The quantitative estimate of drug-likeness (QED) is 0.731. The number of rotatable bonds is 5. The Morgan fingerprint density at radius 3 is 2.40 bits per heavy atom. The maximum Gasteiger partial charge on any atom is 0.156 e. The van der Waals surface area contributed by atoms with Gasteiger partial charge in [-0.25, -0.2) is 0 Å². The van der Waals surface area contributed by atoms with Gasteiger partial charge in [0.15, 0.2) is 6.23 Å². The Kier molecular flexibility index (Phi) is 4.12. The predicted octanol–water partition coefficient (Wildman–Crippen LogP) is 2.23. The van der Waals surface area contributed by atoms with Gasteiger partial charge in [-0.15, -0.1) is 0 Å². The second-order valence-electron chi connectivity index (χ2n) is 4.00. The molecule has 0 saturated heterocycles. The Morgan fingerprint density at radius 1 is 1.33 bits per heavy atom. The van der Waals surface area contributed by atoms with Crippen LogP contribution in [0.3, 0.4) is 0 Å². The second-order valence-corrected chi connectivity index (χ2v) is 4.00. The minimum Gasteiger partial charge on any atom is -0.386 e. The fourth-order valence-corrected chi connectivity index (χ4v) is 1.27. The molecule has 0 heterocycles. The number of nitrogens with one attached hydrogen (secondary N) is 1. The van der Waals surface area contributed by atoms with Gasteiger partial charge in [0.2, 0.25) is 0 Å². The van der Waals surface area contributed by atoms with Crippen LogP contribution < -0.4 is 5.32 Å². The van der Waals surface area contributed by atoms with Gasteiger partial charge in [-0.3, -0.25) is 0 Å². The molecule has 0 spiro atoms. The molecule has 2 N–H and O–H groups in total. The van der Waals surface area contributed by atoms with E-state index in [1.54, 1.807) is 13.8 Å². The van der Waals surface area contributed by atoms with Gasteiger partial charge in [-0.05, 0) is 32.9 Å². The lowest BCUT2D eigenvalue weighted by molar-refractivity contribution is -0.0698. The van der Waals surface area contributed by atoms with Crippen molar-refractivity contribution in [2.24, 2.45) is 0 Å². The summed E-state index contributed by atoms with van der Waals surface area (Å²) in [6.45, 7) is 5.92. The van der Waals surface area contributed by atoms with Crippen LogP contribution in [0.5, 0.6) is 0 Å². The van der Waals surface area contributed by atoms with Crippen LogP contribution in [0, 0.1) is 0 Å². The summed E-state index contributed by atoms with van der Waals surface area (Å²) in [4.78, 5) is 0. The molecule has 3 nitrogen and oxygen atoms in total. The third kappa shape index (κ3) is 3.90. The molecule has 0 aromatic heterocycles. The summed E-state index contributed by atoms with van der Waals surface area (Å²) >= 11 is 0. The molecule has 0 fully saturated rings. The second kappa shape index (κ2) is 5.14. The highest BCUT2D eigenvalue weighted by atomic mass is 16.5. The molecule has 1 aromatic carbocycles. The summed E-state index contributed by atoms with van der Waals surface area (Å²) in [5, 5.41) is 13.0. The van der Waals surface area contributed by atoms with E-state index in [1.165, 1.54) is 0 Å². The summed E-state index contributed by atoms with van der Waals surface area (Å²) in [7, 11) is 0. The molecule has 0 radical (unpaired) electrons. The third-order valence-electron chi connectivity index (χ3n) is 2.05. The minimum absolute atomic E-state index is 0.398. The zero-order valence-electron chi connectivity index (χ0n) is 9.53. The van der Waals surface area contributed by atoms with Gasteiger partial charge in [0, 0.05) is 12.3 Å². The van der Waals surface area contributed by atoms with Gasteiger partial charge in [0.25, 0.3) is 0 Å². The van der Waals surface area contributed by atoms with E-state index in [4.69, 9.17) is 4.74 Å². The van der Waals surface area contributed by atoms with Crippen LogP contribution in [0.4, 0.5) is 5.69 Å². The highest BCUT2D eigenvalue weighted by molar-refractivity contribution is 5.43. The van der Waals surface area contributed by atoms with Gasteiger partial charge < -0.3 is 15.2 Å². The predicted molar refractivity (Wildman–Crippen MR) is 61.8 cm³/mol. The third-order valence-corrected chi connectivity index (χ3v) is 2.05. The molecule has 0 aliphatic heterocycles. The highest BCUT2D eigenvalue weighted by Crippen LogP contribution is 2.16. The molecule has 0 amide bonds. The van der Waals surface area contributed by atoms with E-state index < -0.39 is 11.8 Å². The Balaban J connectivity index is 2.67. The van der Waals surface area contributed by atoms with Crippen LogP contribution in [0.25, 0.3) is 0 Å². The van der Waals surface area contributed by atoms with Crippen LogP contribution in [0.1, 0.15) is 20.8 Å². The van der Waals surface area contributed by atoms with E-state index in [2.05, 4.69) is 5.32 Å². The van der Waals surface area contributed by atoms with Crippen LogP contribution in [0.15, 0.2) is 30.3 Å². The van der Waals surface area contributed by atoms with Gasteiger partial charge in [0.1, 0.15) is 5.60 Å². The van der Waals surface area contributed by atoms with Crippen molar-refractivity contribution >= 4 is 5.69 Å². The van der Waals surface area contributed by atoms with E-state index >= 15 is 0 Å². The number of benzene rings is 1. The summed E-state index contributed by atoms with van der Waals surface area (Å²) in [5.41, 5.74) is 0.0318. The number of hydrogen-bond donors (Lipinski definition) is 2. The van der Waals surface area contributed by atoms with Crippen LogP contribution >= 0.6 is 0 Å². The van der Waals surface area contributed by atoms with Gasteiger partial charge in [-0.1, -0.05) is 18.2 Å². The molecule has 15 heavy (non-hydrogen) atoms. The Hall–Kier alpha value is -1.06. The van der Waals surface area contributed by atoms with E-state index in [1.807, 2.05) is 37.3 Å². The van der Waals surface area contributed by atoms with E-state index in [0.717, 1.165) is 5.69 Å². The number of hydrogen-bond acceptors (Lipinski definition) is 3. The smallest absolute Gasteiger partial charge is 0.156 e. The Labute approximate surface area is 91.1 Å². The first-order valence-electron chi connectivity index (χ1n) is 5.19. The van der Waals surface area contributed by atoms with E-state index in [-0.39, 0.29) is 0 Å². The molecule has 3 heteroatoms. The average Bonchev–Trinajstić information content (AvgIpc) is 2.17. The molecule has 1 rings (SSSR count). The molecule has 84 valence electrons.